The van der Waals surface area contributed by atoms with Gasteiger partial charge in [0.2, 0.25) is 11.0 Å². The molecule has 0 spiro atoms. The number of carbonyl (C=O) groups is 2. The summed E-state index contributed by atoms with van der Waals surface area (Å²) in [6.45, 7) is 4.14. The number of nitrogens with zero attached hydrogens (tertiary/aromatic N) is 4. The van der Waals surface area contributed by atoms with Gasteiger partial charge in [0, 0.05) is 32.0 Å². The second-order valence-corrected chi connectivity index (χ2v) is 8.51. The molecule has 7 nitrogen and oxygen atoms in total. The van der Waals surface area contributed by atoms with Crippen molar-refractivity contribution in [3.05, 3.63) is 29.3 Å². The van der Waals surface area contributed by atoms with Crippen molar-refractivity contribution in [1.82, 2.24) is 20.0 Å². The van der Waals surface area contributed by atoms with E-state index in [1.807, 2.05) is 12.1 Å². The number of carbonyl (C=O) groups excluding carboxylic acids is 2. The zero-order valence-electron chi connectivity index (χ0n) is 15.1. The third-order valence-corrected chi connectivity index (χ3v) is 6.69. The van der Waals surface area contributed by atoms with Crippen LogP contribution in [0, 0.1) is 13.8 Å². The van der Waals surface area contributed by atoms with Gasteiger partial charge in [-0.15, -0.1) is 10.2 Å². The highest BCUT2D eigenvalue weighted by Gasteiger charge is 2.34. The van der Waals surface area contributed by atoms with E-state index < -0.39 is 0 Å². The van der Waals surface area contributed by atoms with Crippen LogP contribution in [0.2, 0.25) is 0 Å². The Morgan fingerprint density at radius 2 is 2.04 bits per heavy atom. The largest absolute Gasteiger partial charge is 0.330 e. The summed E-state index contributed by atoms with van der Waals surface area (Å²) >= 11 is 2.98. The van der Waals surface area contributed by atoms with Gasteiger partial charge in [-0.25, -0.2) is 4.79 Å². The summed E-state index contributed by atoms with van der Waals surface area (Å²) in [5.74, 6) is 0.466. The molecule has 1 aliphatic rings. The number of amides is 3. The summed E-state index contributed by atoms with van der Waals surface area (Å²) in [7, 11) is 3.24. The first kappa shape index (κ1) is 18.7. The van der Waals surface area contributed by atoms with Crippen molar-refractivity contribution >= 4 is 45.9 Å². The molecule has 1 N–H and O–H groups in total. The minimum Gasteiger partial charge on any atom is -0.330 e. The van der Waals surface area contributed by atoms with Crippen molar-refractivity contribution in [3.63, 3.8) is 0 Å². The molecule has 0 saturated carbocycles. The fourth-order valence-electron chi connectivity index (χ4n) is 2.63. The van der Waals surface area contributed by atoms with E-state index in [1.54, 1.807) is 11.9 Å². The molecule has 1 aromatic heterocycles. The fourth-order valence-corrected chi connectivity index (χ4v) is 4.57. The van der Waals surface area contributed by atoms with Crippen LogP contribution in [0.1, 0.15) is 17.5 Å². The number of hydrogen-bond donors (Lipinski definition) is 1. The number of imide groups is 1. The average molecular weight is 392 g/mol. The second kappa shape index (κ2) is 7.63. The lowest BCUT2D eigenvalue weighted by atomic mass is 10.1. The molecular formula is C17H21N5O2S2. The monoisotopic (exact) mass is 391 g/mol. The van der Waals surface area contributed by atoms with Crippen LogP contribution in [0.3, 0.4) is 0 Å². The van der Waals surface area contributed by atoms with E-state index in [0.29, 0.717) is 12.2 Å². The predicted molar refractivity (Wildman–Crippen MR) is 104 cm³/mol. The van der Waals surface area contributed by atoms with Crippen LogP contribution in [-0.2, 0) is 4.79 Å². The van der Waals surface area contributed by atoms with Crippen LogP contribution < -0.4 is 5.32 Å². The number of thioether (sulfide) groups is 1. The Morgan fingerprint density at radius 3 is 2.81 bits per heavy atom. The Bertz CT molecular complexity index is 838. The highest BCUT2D eigenvalue weighted by Crippen LogP contribution is 2.31. The lowest BCUT2D eigenvalue weighted by Gasteiger charge is -2.35. The Kier molecular flexibility index (Phi) is 5.47. The van der Waals surface area contributed by atoms with Gasteiger partial charge in [-0.05, 0) is 31.0 Å². The summed E-state index contributed by atoms with van der Waals surface area (Å²) in [6, 6.07) is 5.70. The van der Waals surface area contributed by atoms with Crippen molar-refractivity contribution < 1.29 is 9.59 Å². The van der Waals surface area contributed by atoms with E-state index in [0.717, 1.165) is 15.2 Å². The Labute approximate surface area is 160 Å². The number of nitrogens with one attached hydrogen (secondary N) is 1. The molecule has 0 aliphatic carbocycles. The minimum atomic E-state index is -0.263. The maximum Gasteiger partial charge on any atom is 0.326 e. The quantitative estimate of drug-likeness (QED) is 0.788. The SMILES string of the molecule is Cc1cccc(Nc2nnc(SCC3CC(=O)N(C)C(=O)N3C)s2)c1C. The molecule has 2 heterocycles. The Balaban J connectivity index is 1.61. The molecule has 9 heteroatoms. The molecule has 1 fully saturated rings. The highest BCUT2D eigenvalue weighted by molar-refractivity contribution is 8.01. The van der Waals surface area contributed by atoms with E-state index >= 15 is 0 Å². The molecule has 2 aromatic rings. The van der Waals surface area contributed by atoms with Gasteiger partial charge in [0.25, 0.3) is 0 Å². The molecule has 1 unspecified atom stereocenters. The van der Waals surface area contributed by atoms with E-state index in [4.69, 9.17) is 0 Å². The van der Waals surface area contributed by atoms with Crippen molar-refractivity contribution in [2.45, 2.75) is 30.6 Å². The Hall–Kier alpha value is -2.13. The van der Waals surface area contributed by atoms with Crippen molar-refractivity contribution in [2.75, 3.05) is 25.2 Å². The third kappa shape index (κ3) is 3.83. The van der Waals surface area contributed by atoms with Crippen LogP contribution in [0.25, 0.3) is 0 Å². The number of aryl methyl sites for hydroxylation is 1. The number of urea groups is 1. The summed E-state index contributed by atoms with van der Waals surface area (Å²) in [4.78, 5) is 26.7. The molecule has 3 amide bonds. The molecule has 1 atom stereocenters. The standard InChI is InChI=1S/C17H21N5O2S2/c1-10-6-5-7-13(11(10)2)18-15-19-20-16(26-15)25-9-12-8-14(23)22(4)17(24)21(12)3/h5-7,12H,8-9H2,1-4H3,(H,18,19). The highest BCUT2D eigenvalue weighted by atomic mass is 32.2. The van der Waals surface area contributed by atoms with Gasteiger partial charge in [-0.1, -0.05) is 35.2 Å². The molecular weight excluding hydrogens is 370 g/mol. The maximum absolute atomic E-state index is 12.0. The van der Waals surface area contributed by atoms with Crippen LogP contribution in [0.4, 0.5) is 15.6 Å². The first-order valence-corrected chi connectivity index (χ1v) is 10.00. The third-order valence-electron chi connectivity index (χ3n) is 4.57. The lowest BCUT2D eigenvalue weighted by molar-refractivity contribution is -0.130. The summed E-state index contributed by atoms with van der Waals surface area (Å²) in [5, 5.41) is 12.4. The number of anilines is 2. The smallest absolute Gasteiger partial charge is 0.326 e. The summed E-state index contributed by atoms with van der Waals surface area (Å²) in [6.07, 6.45) is 0.331. The van der Waals surface area contributed by atoms with Crippen LogP contribution in [-0.4, -0.2) is 57.8 Å². The van der Waals surface area contributed by atoms with Gasteiger partial charge in [-0.3, -0.25) is 9.69 Å². The molecule has 0 radical (unpaired) electrons. The van der Waals surface area contributed by atoms with Gasteiger partial charge in [-0.2, -0.15) is 0 Å². The topological polar surface area (TPSA) is 78.4 Å². The van der Waals surface area contributed by atoms with Crippen LogP contribution >= 0.6 is 23.1 Å². The van der Waals surface area contributed by atoms with E-state index in [1.165, 1.54) is 46.2 Å². The molecule has 26 heavy (non-hydrogen) atoms. The first-order valence-electron chi connectivity index (χ1n) is 8.19. The van der Waals surface area contributed by atoms with Crippen molar-refractivity contribution in [3.8, 4) is 0 Å². The number of benzene rings is 1. The van der Waals surface area contributed by atoms with E-state index in [2.05, 4.69) is 35.4 Å². The van der Waals surface area contributed by atoms with Crippen LogP contribution in [0.15, 0.2) is 22.5 Å². The van der Waals surface area contributed by atoms with E-state index in [9.17, 15) is 9.59 Å². The maximum atomic E-state index is 12.0. The first-order chi connectivity index (χ1) is 12.4. The average Bonchev–Trinajstić information content (AvgIpc) is 3.06. The fraction of sp³-hybridized carbons (Fsp3) is 0.412. The van der Waals surface area contributed by atoms with Gasteiger partial charge >= 0.3 is 6.03 Å². The van der Waals surface area contributed by atoms with E-state index in [-0.39, 0.29) is 18.0 Å². The number of rotatable bonds is 5. The van der Waals surface area contributed by atoms with Crippen molar-refractivity contribution in [1.29, 1.82) is 0 Å². The minimum absolute atomic E-state index is 0.129. The zero-order chi connectivity index (χ0) is 18.8. The molecule has 1 aromatic carbocycles. The molecule has 0 bridgehead atoms. The van der Waals surface area contributed by atoms with Gasteiger partial charge < -0.3 is 10.2 Å². The van der Waals surface area contributed by atoms with Gasteiger partial charge in [0.05, 0.1) is 6.04 Å². The van der Waals surface area contributed by atoms with Crippen LogP contribution in [0.5, 0.6) is 0 Å². The molecule has 138 valence electrons. The van der Waals surface area contributed by atoms with Crippen molar-refractivity contribution in [2.24, 2.45) is 0 Å². The Morgan fingerprint density at radius 1 is 1.27 bits per heavy atom. The van der Waals surface area contributed by atoms with Gasteiger partial charge in [0.1, 0.15) is 0 Å². The second-order valence-electron chi connectivity index (χ2n) is 6.26. The summed E-state index contributed by atoms with van der Waals surface area (Å²) < 4.78 is 0.810. The summed E-state index contributed by atoms with van der Waals surface area (Å²) in [5.41, 5.74) is 3.42. The lowest BCUT2D eigenvalue weighted by Crippen LogP contribution is -2.54. The molecule has 3 rings (SSSR count). The normalized spacial score (nSPS) is 17.8. The predicted octanol–water partition coefficient (Wildman–Crippen LogP) is 3.27. The molecule has 1 saturated heterocycles. The van der Waals surface area contributed by atoms with Gasteiger partial charge in [0.15, 0.2) is 4.34 Å². The zero-order valence-corrected chi connectivity index (χ0v) is 16.8. The number of hydrogen-bond acceptors (Lipinski definition) is 7. The molecule has 1 aliphatic heterocycles. The number of aromatic nitrogens is 2.